The number of carboxylic acids is 1. The molecular formula is C9H9ClO3. The number of halogens is 1. The van der Waals surface area contributed by atoms with Crippen LogP contribution in [0.1, 0.15) is 13.3 Å². The third kappa shape index (κ3) is 1.65. The van der Waals surface area contributed by atoms with Crippen LogP contribution < -0.4 is 0 Å². The first-order valence-corrected chi connectivity index (χ1v) is 4.15. The lowest BCUT2D eigenvalue weighted by Crippen LogP contribution is -2.37. The zero-order valence-corrected chi connectivity index (χ0v) is 7.84. The molecule has 0 saturated carbocycles. The van der Waals surface area contributed by atoms with E-state index in [0.717, 1.165) is 0 Å². The fourth-order valence-electron chi connectivity index (χ4n) is 1.24. The van der Waals surface area contributed by atoms with Crippen LogP contribution >= 0.6 is 11.6 Å². The minimum Gasteiger partial charge on any atom is -0.480 e. The van der Waals surface area contributed by atoms with Gasteiger partial charge in [0.25, 0.3) is 0 Å². The highest BCUT2D eigenvalue weighted by Crippen LogP contribution is 2.34. The molecule has 0 saturated heterocycles. The number of Topliss-reactive ketones (excluding diaryl/α,β-unsaturated/α-hetero) is 1. The molecule has 0 bridgehead atoms. The average molecular weight is 201 g/mol. The van der Waals surface area contributed by atoms with Crippen molar-refractivity contribution in [1.29, 1.82) is 0 Å². The van der Waals surface area contributed by atoms with E-state index in [2.05, 4.69) is 0 Å². The molecule has 0 fully saturated rings. The number of carboxylic acid groups (broad SMARTS) is 1. The molecule has 1 unspecified atom stereocenters. The van der Waals surface area contributed by atoms with Crippen molar-refractivity contribution in [2.24, 2.45) is 5.41 Å². The van der Waals surface area contributed by atoms with Crippen LogP contribution in [0, 0.1) is 5.41 Å². The van der Waals surface area contributed by atoms with Gasteiger partial charge < -0.3 is 5.11 Å². The Bertz CT molecular complexity index is 301. The van der Waals surface area contributed by atoms with Gasteiger partial charge in [-0.15, -0.1) is 0 Å². The second-order valence-electron chi connectivity index (χ2n) is 2.98. The second kappa shape index (κ2) is 3.34. The van der Waals surface area contributed by atoms with Crippen LogP contribution in [0.3, 0.4) is 0 Å². The highest BCUT2D eigenvalue weighted by molar-refractivity contribution is 6.30. The smallest absolute Gasteiger partial charge is 0.321 e. The van der Waals surface area contributed by atoms with Gasteiger partial charge in [-0.2, -0.15) is 0 Å². The lowest BCUT2D eigenvalue weighted by molar-refractivity contribution is -0.150. The fraction of sp³-hybridized carbons (Fsp3) is 0.333. The van der Waals surface area contributed by atoms with Crippen molar-refractivity contribution in [3.8, 4) is 0 Å². The summed E-state index contributed by atoms with van der Waals surface area (Å²) in [5, 5.41) is 9.31. The zero-order chi connectivity index (χ0) is 10.1. The van der Waals surface area contributed by atoms with E-state index in [1.165, 1.54) is 19.1 Å². The van der Waals surface area contributed by atoms with Gasteiger partial charge in [0.2, 0.25) is 0 Å². The minimum atomic E-state index is -1.45. The van der Waals surface area contributed by atoms with Gasteiger partial charge in [-0.1, -0.05) is 23.8 Å². The van der Waals surface area contributed by atoms with Gasteiger partial charge >= 0.3 is 5.97 Å². The fourth-order valence-corrected chi connectivity index (χ4v) is 1.52. The molecule has 1 aliphatic rings. The molecule has 1 aliphatic carbocycles. The van der Waals surface area contributed by atoms with Crippen molar-refractivity contribution < 1.29 is 14.7 Å². The summed E-state index contributed by atoms with van der Waals surface area (Å²) in [7, 11) is 0. The predicted molar refractivity (Wildman–Crippen MR) is 48.4 cm³/mol. The first-order valence-electron chi connectivity index (χ1n) is 3.77. The van der Waals surface area contributed by atoms with E-state index >= 15 is 0 Å². The molecule has 3 nitrogen and oxygen atoms in total. The summed E-state index contributed by atoms with van der Waals surface area (Å²) in [4.78, 5) is 22.1. The number of rotatable bonds is 2. The molecule has 0 spiro atoms. The molecule has 0 radical (unpaired) electrons. The lowest BCUT2D eigenvalue weighted by Gasteiger charge is -2.24. The summed E-state index contributed by atoms with van der Waals surface area (Å²) in [5.41, 5.74) is -1.45. The Morgan fingerprint density at radius 3 is 2.54 bits per heavy atom. The molecular weight excluding hydrogens is 192 g/mol. The predicted octanol–water partition coefficient (Wildman–Crippen LogP) is 1.73. The van der Waals surface area contributed by atoms with Crippen molar-refractivity contribution in [3.05, 3.63) is 23.3 Å². The van der Waals surface area contributed by atoms with Crippen molar-refractivity contribution in [1.82, 2.24) is 0 Å². The monoisotopic (exact) mass is 200 g/mol. The van der Waals surface area contributed by atoms with Gasteiger partial charge in [0.05, 0.1) is 0 Å². The maximum absolute atomic E-state index is 11.2. The SMILES string of the molecule is CC(=O)C1(C(=O)O)C=CC=C(Cl)C1. The number of aliphatic carboxylic acids is 1. The summed E-state index contributed by atoms with van der Waals surface area (Å²) < 4.78 is 0. The van der Waals surface area contributed by atoms with Gasteiger partial charge in [-0.25, -0.2) is 0 Å². The average Bonchev–Trinajstić information content (AvgIpc) is 2.03. The first-order chi connectivity index (χ1) is 5.99. The quantitative estimate of drug-likeness (QED) is 0.691. The Balaban J connectivity index is 3.09. The first kappa shape index (κ1) is 9.99. The summed E-state index contributed by atoms with van der Waals surface area (Å²) in [6, 6.07) is 0. The molecule has 1 rings (SSSR count). The van der Waals surface area contributed by atoms with E-state index < -0.39 is 17.2 Å². The molecule has 1 N–H and O–H groups in total. The van der Waals surface area contributed by atoms with Gasteiger partial charge in [-0.05, 0) is 13.0 Å². The maximum Gasteiger partial charge on any atom is 0.321 e. The third-order valence-corrected chi connectivity index (χ3v) is 2.38. The van der Waals surface area contributed by atoms with Gasteiger partial charge in [-0.3, -0.25) is 9.59 Å². The Morgan fingerprint density at radius 1 is 1.62 bits per heavy atom. The standard InChI is InChI=1S/C9H9ClO3/c1-6(11)9(8(12)13)4-2-3-7(10)5-9/h2-4H,5H2,1H3,(H,12,13). The Kier molecular flexibility index (Phi) is 2.57. The Labute approximate surface area is 80.7 Å². The van der Waals surface area contributed by atoms with Crippen LogP contribution in [-0.2, 0) is 9.59 Å². The largest absolute Gasteiger partial charge is 0.480 e. The molecule has 0 heterocycles. The number of hydrogen-bond acceptors (Lipinski definition) is 2. The Hall–Kier alpha value is -1.09. The summed E-state index contributed by atoms with van der Waals surface area (Å²) in [6.07, 6.45) is 4.52. The summed E-state index contributed by atoms with van der Waals surface area (Å²) in [6.45, 7) is 1.26. The second-order valence-corrected chi connectivity index (χ2v) is 3.47. The number of hydrogen-bond donors (Lipinski definition) is 1. The van der Waals surface area contributed by atoms with Crippen LogP contribution in [0.4, 0.5) is 0 Å². The van der Waals surface area contributed by atoms with Crippen LogP contribution in [0.5, 0.6) is 0 Å². The third-order valence-electron chi connectivity index (χ3n) is 2.12. The maximum atomic E-state index is 11.2. The summed E-state index contributed by atoms with van der Waals surface area (Å²) >= 11 is 5.68. The molecule has 70 valence electrons. The van der Waals surface area contributed by atoms with Crippen LogP contribution in [0.2, 0.25) is 0 Å². The van der Waals surface area contributed by atoms with E-state index in [0.29, 0.717) is 5.03 Å². The molecule has 1 atom stereocenters. The van der Waals surface area contributed by atoms with E-state index in [-0.39, 0.29) is 6.42 Å². The molecule has 13 heavy (non-hydrogen) atoms. The normalized spacial score (nSPS) is 26.8. The number of allylic oxidation sites excluding steroid dienone is 3. The molecule has 0 aromatic heterocycles. The van der Waals surface area contributed by atoms with Crippen molar-refractivity contribution >= 4 is 23.4 Å². The van der Waals surface area contributed by atoms with Crippen LogP contribution in [0.25, 0.3) is 0 Å². The van der Waals surface area contributed by atoms with Crippen LogP contribution in [0.15, 0.2) is 23.3 Å². The van der Waals surface area contributed by atoms with E-state index in [4.69, 9.17) is 16.7 Å². The van der Waals surface area contributed by atoms with E-state index in [9.17, 15) is 9.59 Å². The minimum absolute atomic E-state index is 0.0513. The highest BCUT2D eigenvalue weighted by Gasteiger charge is 2.42. The molecule has 4 heteroatoms. The lowest BCUT2D eigenvalue weighted by atomic mass is 9.78. The number of carbonyl (C=O) groups excluding carboxylic acids is 1. The van der Waals surface area contributed by atoms with Crippen molar-refractivity contribution in [2.75, 3.05) is 0 Å². The molecule has 0 aromatic carbocycles. The number of ketones is 1. The molecule has 0 aromatic rings. The molecule has 0 amide bonds. The van der Waals surface area contributed by atoms with Crippen molar-refractivity contribution in [3.63, 3.8) is 0 Å². The van der Waals surface area contributed by atoms with Crippen LogP contribution in [-0.4, -0.2) is 16.9 Å². The van der Waals surface area contributed by atoms with Crippen molar-refractivity contribution in [2.45, 2.75) is 13.3 Å². The molecule has 0 aliphatic heterocycles. The zero-order valence-electron chi connectivity index (χ0n) is 7.08. The van der Waals surface area contributed by atoms with Gasteiger partial charge in [0.1, 0.15) is 5.41 Å². The highest BCUT2D eigenvalue weighted by atomic mass is 35.5. The number of carbonyl (C=O) groups is 2. The Morgan fingerprint density at radius 2 is 2.23 bits per heavy atom. The topological polar surface area (TPSA) is 54.4 Å². The van der Waals surface area contributed by atoms with Gasteiger partial charge in [0, 0.05) is 11.5 Å². The van der Waals surface area contributed by atoms with E-state index in [1.54, 1.807) is 6.08 Å². The van der Waals surface area contributed by atoms with Gasteiger partial charge in [0.15, 0.2) is 5.78 Å². The summed E-state index contributed by atoms with van der Waals surface area (Å²) in [5.74, 6) is -1.55. The van der Waals surface area contributed by atoms with E-state index in [1.807, 2.05) is 0 Å².